The molecule has 3 aliphatic rings. The average Bonchev–Trinajstić information content (AvgIpc) is 3.17. The molecule has 3 fully saturated rings. The minimum atomic E-state index is 0. The van der Waals surface area contributed by atoms with Crippen LogP contribution in [0.25, 0.3) is 0 Å². The molecular formula is C17H31IN4O2. The highest BCUT2D eigenvalue weighted by molar-refractivity contribution is 14.0. The summed E-state index contributed by atoms with van der Waals surface area (Å²) in [5.41, 5.74) is 0.295. The van der Waals surface area contributed by atoms with Crippen LogP contribution >= 0.6 is 24.0 Å². The first kappa shape index (κ1) is 19.8. The third-order valence-electron chi connectivity index (χ3n) is 5.79. The number of ether oxygens (including phenoxy) is 1. The van der Waals surface area contributed by atoms with Crippen molar-refractivity contribution < 1.29 is 9.53 Å². The smallest absolute Gasteiger partial charge is 0.243 e. The lowest BCUT2D eigenvalue weighted by atomic mass is 9.54. The highest BCUT2D eigenvalue weighted by atomic mass is 127. The minimum absolute atomic E-state index is 0. The van der Waals surface area contributed by atoms with E-state index in [-0.39, 0.29) is 36.4 Å². The number of nitrogens with one attached hydrogen (secondary N) is 2. The van der Waals surface area contributed by atoms with Crippen LogP contribution < -0.4 is 10.6 Å². The van der Waals surface area contributed by atoms with Crippen molar-refractivity contribution in [3.05, 3.63) is 0 Å². The van der Waals surface area contributed by atoms with Gasteiger partial charge in [0.15, 0.2) is 5.96 Å². The second-order valence-corrected chi connectivity index (χ2v) is 7.29. The van der Waals surface area contributed by atoms with E-state index in [0.717, 1.165) is 25.5 Å². The van der Waals surface area contributed by atoms with Crippen LogP contribution in [-0.4, -0.2) is 62.7 Å². The number of rotatable bonds is 4. The van der Waals surface area contributed by atoms with Crippen LogP contribution in [0.3, 0.4) is 0 Å². The lowest BCUT2D eigenvalue weighted by Gasteiger charge is -2.57. The van der Waals surface area contributed by atoms with Gasteiger partial charge in [0.1, 0.15) is 6.54 Å². The summed E-state index contributed by atoms with van der Waals surface area (Å²) in [6.45, 7) is 3.93. The molecule has 3 atom stereocenters. The fraction of sp³-hybridized carbons (Fsp3) is 0.882. The van der Waals surface area contributed by atoms with Crippen LogP contribution in [0.4, 0.5) is 0 Å². The molecule has 1 amide bonds. The number of likely N-dealkylation sites (N-methyl/N-ethyl adjacent to an activating group) is 1. The van der Waals surface area contributed by atoms with Crippen LogP contribution in [0, 0.1) is 11.3 Å². The van der Waals surface area contributed by atoms with E-state index in [9.17, 15) is 4.79 Å². The van der Waals surface area contributed by atoms with Crippen LogP contribution in [0.1, 0.15) is 39.0 Å². The van der Waals surface area contributed by atoms with E-state index in [4.69, 9.17) is 4.74 Å². The summed E-state index contributed by atoms with van der Waals surface area (Å²) < 4.78 is 6.03. The Bertz CT molecular complexity index is 477. The van der Waals surface area contributed by atoms with Gasteiger partial charge in [-0.15, -0.1) is 24.0 Å². The summed E-state index contributed by atoms with van der Waals surface area (Å²) in [6, 6.07) is 0.435. The van der Waals surface area contributed by atoms with Crippen molar-refractivity contribution >= 4 is 35.8 Å². The predicted octanol–water partition coefficient (Wildman–Crippen LogP) is 1.60. The average molecular weight is 450 g/mol. The van der Waals surface area contributed by atoms with Crippen molar-refractivity contribution in [2.24, 2.45) is 16.3 Å². The lowest BCUT2D eigenvalue weighted by molar-refractivity contribution is -0.127. The lowest BCUT2D eigenvalue weighted by Crippen LogP contribution is -2.69. The Morgan fingerprint density at radius 1 is 1.33 bits per heavy atom. The van der Waals surface area contributed by atoms with Crippen LogP contribution in [-0.2, 0) is 9.53 Å². The Morgan fingerprint density at radius 2 is 2.04 bits per heavy atom. The highest BCUT2D eigenvalue weighted by Gasteiger charge is 2.65. The Morgan fingerprint density at radius 3 is 2.67 bits per heavy atom. The maximum absolute atomic E-state index is 11.8. The molecule has 0 aromatic rings. The Labute approximate surface area is 162 Å². The summed E-state index contributed by atoms with van der Waals surface area (Å²) >= 11 is 0. The minimum Gasteiger partial charge on any atom is -0.377 e. The summed E-state index contributed by atoms with van der Waals surface area (Å²) in [4.78, 5) is 17.9. The van der Waals surface area contributed by atoms with E-state index in [1.165, 1.54) is 25.7 Å². The first-order valence-electron chi connectivity index (χ1n) is 8.95. The number of hydrogen-bond acceptors (Lipinski definition) is 3. The Balaban J connectivity index is 0.00000208. The van der Waals surface area contributed by atoms with Gasteiger partial charge in [0.2, 0.25) is 5.91 Å². The largest absolute Gasteiger partial charge is 0.377 e. The molecule has 0 radical (unpaired) electrons. The Hall–Kier alpha value is -0.570. The van der Waals surface area contributed by atoms with Gasteiger partial charge in [-0.25, -0.2) is 4.99 Å². The van der Waals surface area contributed by atoms with E-state index in [1.54, 1.807) is 19.0 Å². The number of hydrogen-bond donors (Lipinski definition) is 2. The van der Waals surface area contributed by atoms with Crippen LogP contribution in [0.5, 0.6) is 0 Å². The topological polar surface area (TPSA) is 66.0 Å². The second kappa shape index (κ2) is 8.21. The third-order valence-corrected chi connectivity index (χ3v) is 5.79. The van der Waals surface area contributed by atoms with E-state index in [1.807, 2.05) is 0 Å². The number of nitrogens with zero attached hydrogens (tertiary/aromatic N) is 2. The van der Waals surface area contributed by atoms with E-state index >= 15 is 0 Å². The molecule has 0 bridgehead atoms. The molecule has 1 aliphatic heterocycles. The molecule has 3 unspecified atom stereocenters. The van der Waals surface area contributed by atoms with E-state index in [2.05, 4.69) is 22.5 Å². The van der Waals surface area contributed by atoms with Gasteiger partial charge in [0.25, 0.3) is 0 Å². The predicted molar refractivity (Wildman–Crippen MR) is 106 cm³/mol. The number of fused-ring (bicyclic) bond motifs is 2. The van der Waals surface area contributed by atoms with Crippen molar-refractivity contribution in [3.63, 3.8) is 0 Å². The summed E-state index contributed by atoms with van der Waals surface area (Å²) in [7, 11) is 3.52. The number of carbonyl (C=O) groups excluding carboxylic acids is 1. The SMILES string of the molecule is CCNC(=NCC(=O)N(C)C)NC1C2CCOC2C12CCCC2.I. The molecule has 1 saturated heterocycles. The zero-order chi connectivity index (χ0) is 16.4. The van der Waals surface area contributed by atoms with E-state index < -0.39 is 0 Å². The van der Waals surface area contributed by atoms with Gasteiger partial charge >= 0.3 is 0 Å². The van der Waals surface area contributed by atoms with Crippen molar-refractivity contribution in [1.29, 1.82) is 0 Å². The molecule has 24 heavy (non-hydrogen) atoms. The molecule has 138 valence electrons. The van der Waals surface area contributed by atoms with Crippen molar-refractivity contribution in [1.82, 2.24) is 15.5 Å². The van der Waals surface area contributed by atoms with Gasteiger partial charge in [-0.3, -0.25) is 4.79 Å². The first-order chi connectivity index (χ1) is 11.1. The molecule has 7 heteroatoms. The van der Waals surface area contributed by atoms with Gasteiger partial charge in [0, 0.05) is 44.6 Å². The fourth-order valence-electron chi connectivity index (χ4n) is 4.66. The summed E-state index contributed by atoms with van der Waals surface area (Å²) in [5.74, 6) is 1.39. The second-order valence-electron chi connectivity index (χ2n) is 7.29. The maximum atomic E-state index is 11.8. The fourth-order valence-corrected chi connectivity index (χ4v) is 4.66. The van der Waals surface area contributed by atoms with Crippen LogP contribution in [0.15, 0.2) is 4.99 Å². The van der Waals surface area contributed by atoms with Gasteiger partial charge in [-0.1, -0.05) is 12.8 Å². The number of aliphatic imine (C=N–C) groups is 1. The molecule has 6 nitrogen and oxygen atoms in total. The molecule has 2 N–H and O–H groups in total. The Kier molecular flexibility index (Phi) is 6.75. The van der Waals surface area contributed by atoms with Gasteiger partial charge in [-0.05, 0) is 26.2 Å². The zero-order valence-electron chi connectivity index (χ0n) is 15.0. The van der Waals surface area contributed by atoms with Crippen LogP contribution in [0.2, 0.25) is 0 Å². The highest BCUT2D eigenvalue weighted by Crippen LogP contribution is 2.60. The van der Waals surface area contributed by atoms with E-state index in [0.29, 0.717) is 23.5 Å². The van der Waals surface area contributed by atoms with Gasteiger partial charge < -0.3 is 20.3 Å². The van der Waals surface area contributed by atoms with Gasteiger partial charge in [0.05, 0.1) is 6.10 Å². The van der Waals surface area contributed by atoms with Gasteiger partial charge in [-0.2, -0.15) is 0 Å². The molecule has 1 spiro atoms. The first-order valence-corrected chi connectivity index (χ1v) is 8.95. The number of amides is 1. The third kappa shape index (κ3) is 3.52. The molecule has 3 rings (SSSR count). The number of halogens is 1. The molecule has 0 aromatic carbocycles. The molecule has 2 aliphatic carbocycles. The van der Waals surface area contributed by atoms with Crippen molar-refractivity contribution in [3.8, 4) is 0 Å². The quantitative estimate of drug-likeness (QED) is 0.388. The van der Waals surface area contributed by atoms with Crippen molar-refractivity contribution in [2.45, 2.75) is 51.2 Å². The normalized spacial score (nSPS) is 30.3. The standard InChI is InChI=1S/C17H30N4O2.HI/c1-4-18-16(19-11-13(22)21(2)3)20-14-12-7-10-23-15(12)17(14)8-5-6-9-17;/h12,14-15H,4-11H2,1-3H3,(H2,18,19,20);1H. The zero-order valence-corrected chi connectivity index (χ0v) is 17.3. The number of carbonyl (C=O) groups is 1. The summed E-state index contributed by atoms with van der Waals surface area (Å²) in [6.07, 6.45) is 6.69. The maximum Gasteiger partial charge on any atom is 0.243 e. The summed E-state index contributed by atoms with van der Waals surface area (Å²) in [5, 5.41) is 6.93. The molecule has 0 aromatic heterocycles. The molecule has 2 saturated carbocycles. The van der Waals surface area contributed by atoms with Crippen molar-refractivity contribution in [2.75, 3.05) is 33.8 Å². The molecule has 1 heterocycles. The monoisotopic (exact) mass is 450 g/mol. The molecular weight excluding hydrogens is 419 g/mol. The number of guanidine groups is 1.